The van der Waals surface area contributed by atoms with Gasteiger partial charge in [-0.05, 0) is 42.5 Å². The second-order valence-corrected chi connectivity index (χ2v) is 5.53. The summed E-state index contributed by atoms with van der Waals surface area (Å²) >= 11 is 0. The SMILES string of the molecule is NC(=O)c1ccc(C2CCN(c3ccc(=O)[nH]n3)CC2)cc1. The van der Waals surface area contributed by atoms with Crippen molar-refractivity contribution in [2.45, 2.75) is 18.8 Å². The Labute approximate surface area is 128 Å². The van der Waals surface area contributed by atoms with Gasteiger partial charge in [0, 0.05) is 24.7 Å². The Kier molecular flexibility index (Phi) is 3.91. The smallest absolute Gasteiger partial charge is 0.264 e. The molecule has 1 amide bonds. The molecule has 22 heavy (non-hydrogen) atoms. The van der Waals surface area contributed by atoms with Crippen molar-refractivity contribution >= 4 is 11.7 Å². The fourth-order valence-corrected chi connectivity index (χ4v) is 2.87. The molecule has 1 aromatic carbocycles. The molecule has 2 aromatic rings. The number of carbonyl (C=O) groups excluding carboxylic acids is 1. The summed E-state index contributed by atoms with van der Waals surface area (Å²) in [5.74, 6) is 0.883. The van der Waals surface area contributed by atoms with Crippen molar-refractivity contribution in [2.75, 3.05) is 18.0 Å². The number of amides is 1. The summed E-state index contributed by atoms with van der Waals surface area (Å²) < 4.78 is 0. The highest BCUT2D eigenvalue weighted by molar-refractivity contribution is 5.92. The molecule has 1 aliphatic rings. The van der Waals surface area contributed by atoms with Gasteiger partial charge in [0.15, 0.2) is 0 Å². The van der Waals surface area contributed by atoms with Gasteiger partial charge in [0.25, 0.3) is 5.56 Å². The van der Waals surface area contributed by atoms with Gasteiger partial charge in [-0.3, -0.25) is 9.59 Å². The topological polar surface area (TPSA) is 92.1 Å². The van der Waals surface area contributed by atoms with E-state index in [0.29, 0.717) is 11.5 Å². The maximum absolute atomic E-state index is 11.1. The fraction of sp³-hybridized carbons (Fsp3) is 0.312. The maximum atomic E-state index is 11.1. The van der Waals surface area contributed by atoms with Crippen LogP contribution in [0, 0.1) is 0 Å². The first kappa shape index (κ1) is 14.3. The second kappa shape index (κ2) is 6.01. The Morgan fingerprint density at radius 1 is 1.14 bits per heavy atom. The molecule has 0 spiro atoms. The molecule has 3 N–H and O–H groups in total. The van der Waals surface area contributed by atoms with E-state index < -0.39 is 5.91 Å². The number of primary amides is 1. The summed E-state index contributed by atoms with van der Waals surface area (Å²) in [6, 6.07) is 10.8. The van der Waals surface area contributed by atoms with Crippen LogP contribution in [0.5, 0.6) is 0 Å². The van der Waals surface area contributed by atoms with E-state index in [1.165, 1.54) is 11.6 Å². The molecular formula is C16H18N4O2. The molecule has 1 fully saturated rings. The number of aromatic amines is 1. The fourth-order valence-electron chi connectivity index (χ4n) is 2.87. The average Bonchev–Trinajstić information content (AvgIpc) is 2.56. The van der Waals surface area contributed by atoms with Crippen LogP contribution in [-0.2, 0) is 0 Å². The number of nitrogens with zero attached hydrogens (tertiary/aromatic N) is 2. The van der Waals surface area contributed by atoms with E-state index in [1.54, 1.807) is 18.2 Å². The summed E-state index contributed by atoms with van der Waals surface area (Å²) in [6.45, 7) is 1.78. The van der Waals surface area contributed by atoms with Crippen LogP contribution >= 0.6 is 0 Å². The van der Waals surface area contributed by atoms with Crippen molar-refractivity contribution in [2.24, 2.45) is 5.73 Å². The van der Waals surface area contributed by atoms with Crippen molar-refractivity contribution < 1.29 is 4.79 Å². The minimum atomic E-state index is -0.398. The van der Waals surface area contributed by atoms with E-state index in [0.717, 1.165) is 31.7 Å². The van der Waals surface area contributed by atoms with Gasteiger partial charge in [-0.2, -0.15) is 5.10 Å². The van der Waals surface area contributed by atoms with Crippen molar-refractivity contribution in [3.63, 3.8) is 0 Å². The largest absolute Gasteiger partial charge is 0.366 e. The Morgan fingerprint density at radius 3 is 2.36 bits per heavy atom. The Bertz CT molecular complexity index is 695. The summed E-state index contributed by atoms with van der Waals surface area (Å²) in [5, 5.41) is 6.53. The lowest BCUT2D eigenvalue weighted by atomic mass is 9.89. The molecule has 1 aromatic heterocycles. The number of aromatic nitrogens is 2. The molecule has 6 nitrogen and oxygen atoms in total. The van der Waals surface area contributed by atoms with Crippen LogP contribution in [0.1, 0.15) is 34.7 Å². The molecule has 0 aliphatic carbocycles. The van der Waals surface area contributed by atoms with Crippen molar-refractivity contribution in [1.82, 2.24) is 10.2 Å². The first-order valence-electron chi connectivity index (χ1n) is 7.34. The number of piperidine rings is 1. The molecule has 0 saturated carbocycles. The van der Waals surface area contributed by atoms with Crippen LogP contribution in [-0.4, -0.2) is 29.2 Å². The summed E-state index contributed by atoms with van der Waals surface area (Å²) in [5.41, 5.74) is 6.85. The van der Waals surface area contributed by atoms with Gasteiger partial charge < -0.3 is 10.6 Å². The van der Waals surface area contributed by atoms with E-state index in [-0.39, 0.29) is 5.56 Å². The number of rotatable bonds is 3. The predicted molar refractivity (Wildman–Crippen MR) is 84.0 cm³/mol. The van der Waals surface area contributed by atoms with E-state index in [1.807, 2.05) is 12.1 Å². The standard InChI is InChI=1S/C16H18N4O2/c17-16(22)13-3-1-11(2-4-13)12-7-9-20(10-8-12)14-5-6-15(21)19-18-14/h1-6,12H,7-10H2,(H2,17,22)(H,19,21). The van der Waals surface area contributed by atoms with E-state index >= 15 is 0 Å². The lowest BCUT2D eigenvalue weighted by molar-refractivity contribution is 0.100. The summed E-state index contributed by atoms with van der Waals surface area (Å²) in [6.07, 6.45) is 2.02. The third-order valence-corrected chi connectivity index (χ3v) is 4.15. The van der Waals surface area contributed by atoms with Gasteiger partial charge in [-0.25, -0.2) is 5.10 Å². The molecule has 1 aliphatic heterocycles. The highest BCUT2D eigenvalue weighted by Gasteiger charge is 2.21. The van der Waals surface area contributed by atoms with Crippen LogP contribution in [0.3, 0.4) is 0 Å². The summed E-state index contributed by atoms with van der Waals surface area (Å²) in [4.78, 5) is 24.3. The molecule has 0 unspecified atom stereocenters. The molecule has 0 bridgehead atoms. The number of hydrogen-bond donors (Lipinski definition) is 2. The molecule has 0 radical (unpaired) electrons. The van der Waals surface area contributed by atoms with Crippen LogP contribution in [0.2, 0.25) is 0 Å². The zero-order valence-corrected chi connectivity index (χ0v) is 12.2. The number of nitrogens with one attached hydrogen (secondary N) is 1. The molecule has 1 saturated heterocycles. The number of anilines is 1. The lowest BCUT2D eigenvalue weighted by Gasteiger charge is -2.32. The molecular weight excluding hydrogens is 280 g/mol. The minimum absolute atomic E-state index is 0.187. The molecule has 3 rings (SSSR count). The number of nitrogens with two attached hydrogens (primary N) is 1. The maximum Gasteiger partial charge on any atom is 0.264 e. The van der Waals surface area contributed by atoms with Crippen LogP contribution in [0.4, 0.5) is 5.82 Å². The highest BCUT2D eigenvalue weighted by Crippen LogP contribution is 2.29. The molecule has 2 heterocycles. The zero-order chi connectivity index (χ0) is 15.5. The quantitative estimate of drug-likeness (QED) is 0.892. The Hall–Kier alpha value is -2.63. The van der Waals surface area contributed by atoms with Crippen molar-refractivity contribution in [3.8, 4) is 0 Å². The monoisotopic (exact) mass is 298 g/mol. The van der Waals surface area contributed by atoms with E-state index in [9.17, 15) is 9.59 Å². The van der Waals surface area contributed by atoms with Gasteiger partial charge >= 0.3 is 0 Å². The predicted octanol–water partition coefficient (Wildman–Crippen LogP) is 1.25. The Balaban J connectivity index is 1.65. The molecule has 0 atom stereocenters. The first-order valence-corrected chi connectivity index (χ1v) is 7.34. The number of hydrogen-bond acceptors (Lipinski definition) is 4. The minimum Gasteiger partial charge on any atom is -0.366 e. The molecule has 6 heteroatoms. The van der Waals surface area contributed by atoms with E-state index in [2.05, 4.69) is 15.1 Å². The normalized spacial score (nSPS) is 15.7. The van der Waals surface area contributed by atoms with Gasteiger partial charge in [0.2, 0.25) is 5.91 Å². The number of benzene rings is 1. The molecule has 114 valence electrons. The first-order chi connectivity index (χ1) is 10.6. The zero-order valence-electron chi connectivity index (χ0n) is 12.2. The highest BCUT2D eigenvalue weighted by atomic mass is 16.1. The van der Waals surface area contributed by atoms with Crippen LogP contribution in [0.25, 0.3) is 0 Å². The van der Waals surface area contributed by atoms with Gasteiger partial charge in [-0.15, -0.1) is 0 Å². The number of H-pyrrole nitrogens is 1. The Morgan fingerprint density at radius 2 is 1.82 bits per heavy atom. The lowest BCUT2D eigenvalue weighted by Crippen LogP contribution is -2.34. The van der Waals surface area contributed by atoms with Gasteiger partial charge in [-0.1, -0.05) is 12.1 Å². The second-order valence-electron chi connectivity index (χ2n) is 5.53. The summed E-state index contributed by atoms with van der Waals surface area (Å²) in [7, 11) is 0. The van der Waals surface area contributed by atoms with Gasteiger partial charge in [0.1, 0.15) is 5.82 Å². The van der Waals surface area contributed by atoms with Crippen LogP contribution in [0.15, 0.2) is 41.2 Å². The average molecular weight is 298 g/mol. The van der Waals surface area contributed by atoms with Gasteiger partial charge in [0.05, 0.1) is 0 Å². The number of carbonyl (C=O) groups is 1. The third kappa shape index (κ3) is 3.00. The van der Waals surface area contributed by atoms with Crippen LogP contribution < -0.4 is 16.2 Å². The third-order valence-electron chi connectivity index (χ3n) is 4.15. The van der Waals surface area contributed by atoms with Crippen molar-refractivity contribution in [3.05, 3.63) is 57.9 Å². The van der Waals surface area contributed by atoms with E-state index in [4.69, 9.17) is 5.73 Å². The van der Waals surface area contributed by atoms with Crippen molar-refractivity contribution in [1.29, 1.82) is 0 Å².